The number of hydrogen-bond acceptors (Lipinski definition) is 3. The van der Waals surface area contributed by atoms with Crippen LogP contribution >= 0.6 is 34.8 Å². The Morgan fingerprint density at radius 1 is 0.931 bits per heavy atom. The molecule has 0 aromatic heterocycles. The smallest absolute Gasteiger partial charge is 0.187 e. The maximum atomic E-state index is 12.5. The minimum Gasteiger partial charge on any atom is -0.493 e. The van der Waals surface area contributed by atoms with Crippen molar-refractivity contribution >= 4 is 46.7 Å². The van der Waals surface area contributed by atoms with E-state index in [-0.39, 0.29) is 21.4 Å². The predicted molar refractivity (Wildman–Crippen MR) is 119 cm³/mol. The monoisotopic (exact) mass is 446 g/mol. The summed E-state index contributed by atoms with van der Waals surface area (Å²) in [6, 6.07) is 18.3. The topological polar surface area (TPSA) is 35.5 Å². The molecule has 0 saturated heterocycles. The van der Waals surface area contributed by atoms with E-state index in [0.717, 1.165) is 11.1 Å². The fraction of sp³-hybridized carbons (Fsp3) is 0.0870. The number of benzene rings is 3. The van der Waals surface area contributed by atoms with Crippen LogP contribution in [0.4, 0.5) is 0 Å². The van der Waals surface area contributed by atoms with Gasteiger partial charge in [0.15, 0.2) is 17.3 Å². The Kier molecular flexibility index (Phi) is 7.21. The van der Waals surface area contributed by atoms with Gasteiger partial charge < -0.3 is 9.47 Å². The molecule has 0 fully saturated rings. The van der Waals surface area contributed by atoms with Crippen molar-refractivity contribution in [3.8, 4) is 11.5 Å². The summed E-state index contributed by atoms with van der Waals surface area (Å²) in [7, 11) is 1.58. The molecule has 0 saturated carbocycles. The zero-order valence-corrected chi connectivity index (χ0v) is 17.8. The van der Waals surface area contributed by atoms with Crippen LogP contribution in [-0.4, -0.2) is 12.9 Å². The van der Waals surface area contributed by atoms with Crippen LogP contribution in [-0.2, 0) is 6.61 Å². The second-order valence-electron chi connectivity index (χ2n) is 6.11. The highest BCUT2D eigenvalue weighted by Crippen LogP contribution is 2.33. The molecule has 0 heterocycles. The number of carbonyl (C=O) groups is 1. The van der Waals surface area contributed by atoms with Crippen molar-refractivity contribution in [2.45, 2.75) is 6.61 Å². The second kappa shape index (κ2) is 9.84. The summed E-state index contributed by atoms with van der Waals surface area (Å²) < 4.78 is 11.3. The Labute approximate surface area is 184 Å². The third-order valence-corrected chi connectivity index (χ3v) is 5.45. The van der Waals surface area contributed by atoms with Crippen molar-refractivity contribution in [3.05, 3.63) is 98.5 Å². The molecule has 0 aliphatic heterocycles. The standard InChI is InChI=1S/C23H17Cl3O3/c1-28-20-12-8-15(13-21(20)29-14-16-5-3-2-4-6-16)7-11-19(27)17-9-10-18(24)23(26)22(17)25/h2-13H,14H2,1H3. The maximum absolute atomic E-state index is 12.5. The van der Waals surface area contributed by atoms with Gasteiger partial charge in [0.2, 0.25) is 0 Å². The van der Waals surface area contributed by atoms with E-state index in [1.54, 1.807) is 31.4 Å². The van der Waals surface area contributed by atoms with Gasteiger partial charge >= 0.3 is 0 Å². The number of hydrogen-bond donors (Lipinski definition) is 0. The first-order valence-corrected chi connectivity index (χ1v) is 9.83. The fourth-order valence-electron chi connectivity index (χ4n) is 2.62. The van der Waals surface area contributed by atoms with Gasteiger partial charge in [0, 0.05) is 5.56 Å². The molecule has 148 valence electrons. The summed E-state index contributed by atoms with van der Waals surface area (Å²) in [6.07, 6.45) is 3.10. The minimum atomic E-state index is -0.281. The maximum Gasteiger partial charge on any atom is 0.187 e. The zero-order valence-electron chi connectivity index (χ0n) is 15.5. The van der Waals surface area contributed by atoms with Crippen LogP contribution in [0.15, 0.2) is 66.7 Å². The number of ketones is 1. The highest BCUT2D eigenvalue weighted by atomic mass is 35.5. The number of carbonyl (C=O) groups excluding carboxylic acids is 1. The van der Waals surface area contributed by atoms with Crippen molar-refractivity contribution in [1.82, 2.24) is 0 Å². The molecule has 0 bridgehead atoms. The first kappa shape index (κ1) is 21.3. The van der Waals surface area contributed by atoms with Gasteiger partial charge in [-0.1, -0.05) is 77.3 Å². The molecule has 3 nitrogen and oxygen atoms in total. The molecule has 3 aromatic carbocycles. The molecule has 0 aliphatic rings. The SMILES string of the molecule is COc1ccc(C=CC(=O)c2ccc(Cl)c(Cl)c2Cl)cc1OCc1ccccc1. The van der Waals surface area contributed by atoms with E-state index in [2.05, 4.69) is 0 Å². The Balaban J connectivity index is 1.78. The van der Waals surface area contributed by atoms with Crippen molar-refractivity contribution in [2.24, 2.45) is 0 Å². The first-order chi connectivity index (χ1) is 14.0. The largest absolute Gasteiger partial charge is 0.493 e. The van der Waals surface area contributed by atoms with Gasteiger partial charge in [0.05, 0.1) is 22.2 Å². The molecule has 3 rings (SSSR count). The van der Waals surface area contributed by atoms with E-state index in [1.165, 1.54) is 6.08 Å². The third kappa shape index (κ3) is 5.33. The number of allylic oxidation sites excluding steroid dienone is 1. The van der Waals surface area contributed by atoms with Gasteiger partial charge in [0.25, 0.3) is 0 Å². The van der Waals surface area contributed by atoms with E-state index in [4.69, 9.17) is 44.3 Å². The molecule has 0 unspecified atom stereocenters. The molecular weight excluding hydrogens is 431 g/mol. The van der Waals surface area contributed by atoms with Crippen LogP contribution < -0.4 is 9.47 Å². The number of halogens is 3. The summed E-state index contributed by atoms with van der Waals surface area (Å²) in [5, 5.41) is 0.594. The van der Waals surface area contributed by atoms with Crippen LogP contribution in [0.25, 0.3) is 6.08 Å². The molecule has 0 amide bonds. The summed E-state index contributed by atoms with van der Waals surface area (Å²) in [6.45, 7) is 0.405. The lowest BCUT2D eigenvalue weighted by molar-refractivity contribution is 0.104. The Hall–Kier alpha value is -2.46. The molecule has 0 spiro atoms. The number of methoxy groups -OCH3 is 1. The Morgan fingerprint density at radius 3 is 2.41 bits per heavy atom. The Morgan fingerprint density at radius 2 is 1.69 bits per heavy atom. The molecule has 0 radical (unpaired) electrons. The number of rotatable bonds is 7. The average Bonchev–Trinajstić information content (AvgIpc) is 2.75. The van der Waals surface area contributed by atoms with Gasteiger partial charge in [-0.2, -0.15) is 0 Å². The summed E-state index contributed by atoms with van der Waals surface area (Å²) in [4.78, 5) is 12.5. The van der Waals surface area contributed by atoms with Crippen LogP contribution in [0.3, 0.4) is 0 Å². The molecule has 0 aliphatic carbocycles. The summed E-state index contributed by atoms with van der Waals surface area (Å²) >= 11 is 18.1. The third-order valence-electron chi connectivity index (χ3n) is 4.15. The van der Waals surface area contributed by atoms with Gasteiger partial charge in [-0.3, -0.25) is 4.79 Å². The second-order valence-corrected chi connectivity index (χ2v) is 7.27. The lowest BCUT2D eigenvalue weighted by Gasteiger charge is -2.11. The van der Waals surface area contributed by atoms with E-state index >= 15 is 0 Å². The van der Waals surface area contributed by atoms with Gasteiger partial charge in [0.1, 0.15) is 6.61 Å². The molecule has 0 N–H and O–H groups in total. The number of ether oxygens (including phenoxy) is 2. The quantitative estimate of drug-likeness (QED) is 0.219. The lowest BCUT2D eigenvalue weighted by atomic mass is 10.1. The van der Waals surface area contributed by atoms with Gasteiger partial charge in [-0.05, 0) is 41.5 Å². The van der Waals surface area contributed by atoms with E-state index in [1.807, 2.05) is 42.5 Å². The van der Waals surface area contributed by atoms with Gasteiger partial charge in [-0.15, -0.1) is 0 Å². The zero-order chi connectivity index (χ0) is 20.8. The van der Waals surface area contributed by atoms with E-state index in [9.17, 15) is 4.79 Å². The van der Waals surface area contributed by atoms with E-state index in [0.29, 0.717) is 23.1 Å². The van der Waals surface area contributed by atoms with Gasteiger partial charge in [-0.25, -0.2) is 0 Å². The highest BCUT2D eigenvalue weighted by Gasteiger charge is 2.13. The van der Waals surface area contributed by atoms with Crippen molar-refractivity contribution in [2.75, 3.05) is 7.11 Å². The molecule has 0 atom stereocenters. The molecule has 6 heteroatoms. The van der Waals surface area contributed by atoms with Crippen LogP contribution in [0.1, 0.15) is 21.5 Å². The van der Waals surface area contributed by atoms with Crippen molar-refractivity contribution < 1.29 is 14.3 Å². The van der Waals surface area contributed by atoms with Crippen LogP contribution in [0, 0.1) is 0 Å². The lowest BCUT2D eigenvalue weighted by Crippen LogP contribution is -1.98. The van der Waals surface area contributed by atoms with Crippen LogP contribution in [0.2, 0.25) is 15.1 Å². The first-order valence-electron chi connectivity index (χ1n) is 8.70. The van der Waals surface area contributed by atoms with Crippen LogP contribution in [0.5, 0.6) is 11.5 Å². The fourth-order valence-corrected chi connectivity index (χ4v) is 3.25. The minimum absolute atomic E-state index is 0.135. The molecule has 29 heavy (non-hydrogen) atoms. The van der Waals surface area contributed by atoms with E-state index < -0.39 is 0 Å². The molecular formula is C23H17Cl3O3. The summed E-state index contributed by atoms with van der Waals surface area (Å²) in [5.41, 5.74) is 2.10. The average molecular weight is 448 g/mol. The normalized spacial score (nSPS) is 10.9. The van der Waals surface area contributed by atoms with Crippen molar-refractivity contribution in [1.29, 1.82) is 0 Å². The highest BCUT2D eigenvalue weighted by molar-refractivity contribution is 6.49. The molecule has 3 aromatic rings. The predicted octanol–water partition coefficient (Wildman–Crippen LogP) is 7.13. The Bertz CT molecular complexity index is 1050. The summed E-state index contributed by atoms with van der Waals surface area (Å²) in [5.74, 6) is 0.909. The van der Waals surface area contributed by atoms with Crippen molar-refractivity contribution in [3.63, 3.8) is 0 Å².